The Morgan fingerprint density at radius 2 is 1.94 bits per heavy atom. The molecule has 1 amide bonds. The van der Waals surface area contributed by atoms with Gasteiger partial charge in [-0.3, -0.25) is 4.79 Å². The average molecular weight is 456 g/mol. The molecule has 3 aliphatic rings. The van der Waals surface area contributed by atoms with Crippen LogP contribution < -0.4 is 5.32 Å². The molecular weight excluding hydrogens is 418 g/mol. The highest BCUT2D eigenvalue weighted by molar-refractivity contribution is 5.95. The van der Waals surface area contributed by atoms with E-state index in [1.807, 2.05) is 24.3 Å². The van der Waals surface area contributed by atoms with Crippen molar-refractivity contribution in [3.63, 3.8) is 0 Å². The second-order valence-electron chi connectivity index (χ2n) is 10.1. The molecule has 1 spiro atoms. The lowest BCUT2D eigenvalue weighted by Gasteiger charge is -2.38. The fraction of sp³-hybridized carbons (Fsp3) is 0.593. The second-order valence-corrected chi connectivity index (χ2v) is 10.1. The molecule has 0 aromatic heterocycles. The van der Waals surface area contributed by atoms with Crippen LogP contribution in [0.5, 0.6) is 0 Å². The van der Waals surface area contributed by atoms with Gasteiger partial charge in [0.15, 0.2) is 6.29 Å². The summed E-state index contributed by atoms with van der Waals surface area (Å²) >= 11 is 0. The van der Waals surface area contributed by atoms with Gasteiger partial charge >= 0.3 is 0 Å². The number of epoxide rings is 1. The van der Waals surface area contributed by atoms with E-state index in [2.05, 4.69) is 51.2 Å². The normalized spacial score (nSPS) is 31.6. The number of carbonyl (C=O) groups excluding carboxylic acids is 1. The van der Waals surface area contributed by atoms with Crippen LogP contribution in [-0.4, -0.2) is 55.4 Å². The van der Waals surface area contributed by atoms with Crippen LogP contribution in [0.15, 0.2) is 48.1 Å². The Balaban J connectivity index is 1.21. The smallest absolute Gasteiger partial charge is 0.251 e. The Morgan fingerprint density at radius 1 is 1.21 bits per heavy atom. The Bertz CT molecular complexity index is 888. The summed E-state index contributed by atoms with van der Waals surface area (Å²) in [6.45, 7) is 10.1. The van der Waals surface area contributed by atoms with Gasteiger partial charge in [0.1, 0.15) is 0 Å². The molecule has 0 bridgehead atoms. The zero-order valence-electron chi connectivity index (χ0n) is 20.3. The molecule has 33 heavy (non-hydrogen) atoms. The standard InChI is InChI=1S/C27H37NO5/c1-5-20-8-6-7-9-23(20)25(29)28-21-15-30-24(31-16-21)13-11-19(2)10-12-22-14-27(18-32-27)17-26(3,4)33-22/h6-12,21-22,24H,5,13-18H2,1-4H3,(H,28,29)/t21?,22-,24?,27-/m1/s1. The maximum absolute atomic E-state index is 12.6. The van der Waals surface area contributed by atoms with Gasteiger partial charge in [0.05, 0.1) is 43.2 Å². The van der Waals surface area contributed by atoms with E-state index >= 15 is 0 Å². The fourth-order valence-electron chi connectivity index (χ4n) is 4.82. The van der Waals surface area contributed by atoms with Gasteiger partial charge in [0.25, 0.3) is 5.91 Å². The molecule has 1 N–H and O–H groups in total. The highest BCUT2D eigenvalue weighted by atomic mass is 16.7. The number of hydrogen-bond acceptors (Lipinski definition) is 5. The maximum Gasteiger partial charge on any atom is 0.251 e. The van der Waals surface area contributed by atoms with Crippen molar-refractivity contribution < 1.29 is 23.7 Å². The predicted molar refractivity (Wildman–Crippen MR) is 127 cm³/mol. The number of amides is 1. The van der Waals surface area contributed by atoms with Crippen molar-refractivity contribution in [1.29, 1.82) is 0 Å². The van der Waals surface area contributed by atoms with Crippen molar-refractivity contribution in [3.05, 3.63) is 59.2 Å². The molecule has 0 radical (unpaired) electrons. The van der Waals surface area contributed by atoms with Gasteiger partial charge in [-0.1, -0.05) is 48.9 Å². The monoisotopic (exact) mass is 455 g/mol. The topological polar surface area (TPSA) is 69.3 Å². The second kappa shape index (κ2) is 10.1. The van der Waals surface area contributed by atoms with E-state index < -0.39 is 0 Å². The summed E-state index contributed by atoms with van der Waals surface area (Å²) in [5.74, 6) is -0.0736. The van der Waals surface area contributed by atoms with Crippen LogP contribution >= 0.6 is 0 Å². The fourth-order valence-corrected chi connectivity index (χ4v) is 4.82. The Labute approximate surface area is 197 Å². The molecule has 2 atom stereocenters. The third-order valence-electron chi connectivity index (χ3n) is 6.49. The van der Waals surface area contributed by atoms with Crippen LogP contribution in [0.2, 0.25) is 0 Å². The minimum atomic E-state index is -0.294. The van der Waals surface area contributed by atoms with Crippen LogP contribution in [0.3, 0.4) is 0 Å². The number of carbonyl (C=O) groups is 1. The van der Waals surface area contributed by atoms with Crippen molar-refractivity contribution in [1.82, 2.24) is 5.32 Å². The van der Waals surface area contributed by atoms with E-state index in [4.69, 9.17) is 18.9 Å². The predicted octanol–water partition coefficient (Wildman–Crippen LogP) is 4.34. The summed E-state index contributed by atoms with van der Waals surface area (Å²) in [6, 6.07) is 7.55. The van der Waals surface area contributed by atoms with Crippen molar-refractivity contribution in [2.45, 2.75) is 83.0 Å². The lowest BCUT2D eigenvalue weighted by molar-refractivity contribution is -0.185. The first-order chi connectivity index (χ1) is 15.8. The largest absolute Gasteiger partial charge is 0.369 e. The van der Waals surface area contributed by atoms with E-state index in [0.29, 0.717) is 19.6 Å². The number of rotatable bonds is 7. The summed E-state index contributed by atoms with van der Waals surface area (Å²) in [4.78, 5) is 12.6. The zero-order chi connectivity index (χ0) is 23.5. The van der Waals surface area contributed by atoms with Gasteiger partial charge in [0.2, 0.25) is 0 Å². The van der Waals surface area contributed by atoms with Gasteiger partial charge in [-0.2, -0.15) is 0 Å². The average Bonchev–Trinajstić information content (AvgIpc) is 3.53. The number of hydrogen-bond donors (Lipinski definition) is 1. The molecule has 0 saturated carbocycles. The van der Waals surface area contributed by atoms with Crippen molar-refractivity contribution in [3.8, 4) is 0 Å². The molecule has 180 valence electrons. The lowest BCUT2D eigenvalue weighted by atomic mass is 9.85. The van der Waals surface area contributed by atoms with Gasteiger partial charge < -0.3 is 24.3 Å². The van der Waals surface area contributed by atoms with E-state index in [-0.39, 0.29) is 35.5 Å². The first kappa shape index (κ1) is 24.1. The lowest BCUT2D eigenvalue weighted by Crippen LogP contribution is -2.47. The molecule has 0 aliphatic carbocycles. The highest BCUT2D eigenvalue weighted by Crippen LogP contribution is 2.46. The quantitative estimate of drug-likeness (QED) is 0.489. The summed E-state index contributed by atoms with van der Waals surface area (Å²) in [7, 11) is 0. The molecule has 1 aromatic rings. The van der Waals surface area contributed by atoms with Gasteiger partial charge in [-0.25, -0.2) is 0 Å². The summed E-state index contributed by atoms with van der Waals surface area (Å²) < 4.78 is 23.6. The Hall–Kier alpha value is -1.99. The van der Waals surface area contributed by atoms with E-state index in [9.17, 15) is 4.79 Å². The Kier molecular flexibility index (Phi) is 7.39. The Morgan fingerprint density at radius 3 is 2.64 bits per heavy atom. The molecule has 6 heteroatoms. The highest BCUT2D eigenvalue weighted by Gasteiger charge is 2.53. The number of allylic oxidation sites excluding steroid dienone is 2. The third-order valence-corrected chi connectivity index (χ3v) is 6.49. The molecule has 6 nitrogen and oxygen atoms in total. The summed E-state index contributed by atoms with van der Waals surface area (Å²) in [6.07, 6.45) is 9.52. The first-order valence-corrected chi connectivity index (χ1v) is 12.1. The van der Waals surface area contributed by atoms with Gasteiger partial charge in [-0.15, -0.1) is 0 Å². The van der Waals surface area contributed by atoms with E-state index in [1.54, 1.807) is 0 Å². The van der Waals surface area contributed by atoms with Gasteiger partial charge in [-0.05, 0) is 38.8 Å². The molecule has 3 saturated heterocycles. The molecule has 4 rings (SSSR count). The minimum Gasteiger partial charge on any atom is -0.369 e. The number of nitrogens with one attached hydrogen (secondary N) is 1. The molecular formula is C27H37NO5. The van der Waals surface area contributed by atoms with Crippen molar-refractivity contribution in [2.75, 3.05) is 19.8 Å². The van der Waals surface area contributed by atoms with Crippen molar-refractivity contribution in [2.24, 2.45) is 0 Å². The molecule has 3 heterocycles. The van der Waals surface area contributed by atoms with Crippen LogP contribution in [0.25, 0.3) is 0 Å². The van der Waals surface area contributed by atoms with E-state index in [1.165, 1.54) is 0 Å². The van der Waals surface area contributed by atoms with Crippen LogP contribution in [0.4, 0.5) is 0 Å². The van der Waals surface area contributed by atoms with Crippen molar-refractivity contribution >= 4 is 5.91 Å². The van der Waals surface area contributed by atoms with Crippen LogP contribution in [-0.2, 0) is 25.4 Å². The van der Waals surface area contributed by atoms with Gasteiger partial charge in [0, 0.05) is 24.8 Å². The zero-order valence-corrected chi connectivity index (χ0v) is 20.3. The SMILES string of the molecule is CCc1ccccc1C(=O)NC1COC(CC=C(C)C=C[C@@H]2C[C@]3(CO3)CC(C)(C)O2)OC1. The number of aryl methyl sites for hydroxylation is 1. The third kappa shape index (κ3) is 6.54. The van der Waals surface area contributed by atoms with Crippen LogP contribution in [0.1, 0.15) is 62.9 Å². The molecule has 3 fully saturated rings. The molecule has 1 aromatic carbocycles. The summed E-state index contributed by atoms with van der Waals surface area (Å²) in [5, 5.41) is 3.03. The first-order valence-electron chi connectivity index (χ1n) is 12.1. The summed E-state index contributed by atoms with van der Waals surface area (Å²) in [5.41, 5.74) is 2.78. The molecule has 3 aliphatic heterocycles. The maximum atomic E-state index is 12.6. The van der Waals surface area contributed by atoms with Crippen LogP contribution in [0, 0.1) is 0 Å². The minimum absolute atomic E-state index is 0.0305. The number of benzene rings is 1. The number of ether oxygens (including phenoxy) is 4. The molecule has 0 unspecified atom stereocenters. The van der Waals surface area contributed by atoms with E-state index in [0.717, 1.165) is 42.6 Å².